The van der Waals surface area contributed by atoms with Crippen LogP contribution in [0.25, 0.3) is 46.2 Å². The Balaban J connectivity index is 1.09. The fourth-order valence-corrected chi connectivity index (χ4v) is 6.77. The highest BCUT2D eigenvalue weighted by atomic mass is 16.6. The third kappa shape index (κ3) is 15.5. The number of hydrogen-bond acceptors (Lipinski definition) is 12. The lowest BCUT2D eigenvalue weighted by molar-refractivity contribution is -0.139. The Morgan fingerprint density at radius 2 is 0.814 bits per heavy atom. The van der Waals surface area contributed by atoms with Crippen molar-refractivity contribution < 1.29 is 57.4 Å². The van der Waals surface area contributed by atoms with Crippen LogP contribution in [0.15, 0.2) is 188 Å². The molecule has 0 aliphatic carbocycles. The molecule has 12 nitrogen and oxygen atoms in total. The molecule has 352 valence electrons. The minimum Gasteiger partial charge on any atom is -0.507 e. The van der Waals surface area contributed by atoms with Crippen LogP contribution in [0.2, 0.25) is 0 Å². The Labute approximate surface area is 404 Å². The first-order valence-corrected chi connectivity index (χ1v) is 22.2. The van der Waals surface area contributed by atoms with Crippen LogP contribution in [0.3, 0.4) is 0 Å². The SMILES string of the molecule is O=C(C=Cc1ccccc1)OCCOc1cc(OC(=O)C=Cc2ccccc2)c2c(O)cc(-c3ccc(OCCOC(=O)C=Cc4ccccc4)c(OCCOC(=O)C=Cc4ccccc4)c3)cc2c1. The second-order valence-electron chi connectivity index (χ2n) is 15.1. The van der Waals surface area contributed by atoms with Crippen molar-refractivity contribution in [3.63, 3.8) is 0 Å². The van der Waals surface area contributed by atoms with Gasteiger partial charge in [0.2, 0.25) is 0 Å². The summed E-state index contributed by atoms with van der Waals surface area (Å²) in [6.07, 6.45) is 11.8. The van der Waals surface area contributed by atoms with Gasteiger partial charge in [0.05, 0.1) is 5.39 Å². The molecule has 0 bridgehead atoms. The number of phenolic OH excluding ortho intramolecular Hbond substituents is 1. The summed E-state index contributed by atoms with van der Waals surface area (Å²) in [6.45, 7) is -0.308. The lowest BCUT2D eigenvalue weighted by Crippen LogP contribution is -2.13. The van der Waals surface area contributed by atoms with E-state index < -0.39 is 23.9 Å². The second-order valence-corrected chi connectivity index (χ2v) is 15.1. The number of carbonyl (C=O) groups excluding carboxylic acids is 4. The molecule has 0 unspecified atom stereocenters. The summed E-state index contributed by atoms with van der Waals surface area (Å²) in [6, 6.07) is 48.8. The molecule has 0 heterocycles. The van der Waals surface area contributed by atoms with E-state index in [2.05, 4.69) is 0 Å². The van der Waals surface area contributed by atoms with Crippen LogP contribution in [0.5, 0.6) is 28.7 Å². The number of fused-ring (bicyclic) bond motifs is 1. The third-order valence-electron chi connectivity index (χ3n) is 10.1. The average molecular weight is 937 g/mol. The normalized spacial score (nSPS) is 11.3. The fraction of sp³-hybridized carbons (Fsp3) is 0.103. The van der Waals surface area contributed by atoms with E-state index >= 15 is 0 Å². The highest BCUT2D eigenvalue weighted by Gasteiger charge is 2.17. The first-order chi connectivity index (χ1) is 34.3. The first-order valence-electron chi connectivity index (χ1n) is 22.2. The maximum atomic E-state index is 13.2. The lowest BCUT2D eigenvalue weighted by atomic mass is 9.99. The quantitative estimate of drug-likeness (QED) is 0.0226. The maximum Gasteiger partial charge on any atom is 0.336 e. The number of carbonyl (C=O) groups is 4. The molecule has 0 aromatic heterocycles. The summed E-state index contributed by atoms with van der Waals surface area (Å²) < 4.78 is 40.0. The predicted molar refractivity (Wildman–Crippen MR) is 268 cm³/mol. The van der Waals surface area contributed by atoms with Crippen LogP contribution in [0.4, 0.5) is 0 Å². The van der Waals surface area contributed by atoms with E-state index in [1.807, 2.05) is 121 Å². The lowest BCUT2D eigenvalue weighted by Gasteiger charge is -2.16. The summed E-state index contributed by atoms with van der Waals surface area (Å²) in [4.78, 5) is 50.5. The molecular weight excluding hydrogens is 889 g/mol. The molecule has 0 fully saturated rings. The van der Waals surface area contributed by atoms with Crippen molar-refractivity contribution in [1.29, 1.82) is 0 Å². The van der Waals surface area contributed by atoms with E-state index in [1.54, 1.807) is 54.6 Å². The zero-order chi connectivity index (χ0) is 48.8. The van der Waals surface area contributed by atoms with Crippen molar-refractivity contribution in [2.45, 2.75) is 0 Å². The van der Waals surface area contributed by atoms with Gasteiger partial charge in [0, 0.05) is 30.4 Å². The number of aromatic hydroxyl groups is 1. The van der Waals surface area contributed by atoms with E-state index in [0.717, 1.165) is 22.3 Å². The number of ether oxygens (including phenoxy) is 7. The predicted octanol–water partition coefficient (Wildman–Crippen LogP) is 10.7. The number of phenols is 1. The summed E-state index contributed by atoms with van der Waals surface area (Å²) in [7, 11) is 0. The van der Waals surface area contributed by atoms with Crippen molar-refractivity contribution >= 4 is 59.0 Å². The van der Waals surface area contributed by atoms with Crippen LogP contribution in [-0.4, -0.2) is 68.6 Å². The summed E-state index contributed by atoms with van der Waals surface area (Å²) >= 11 is 0. The van der Waals surface area contributed by atoms with Gasteiger partial charge >= 0.3 is 23.9 Å². The molecule has 1 N–H and O–H groups in total. The van der Waals surface area contributed by atoms with Crippen molar-refractivity contribution in [3.05, 3.63) is 210 Å². The zero-order valence-corrected chi connectivity index (χ0v) is 37.9. The van der Waals surface area contributed by atoms with Gasteiger partial charge in [-0.3, -0.25) is 0 Å². The smallest absolute Gasteiger partial charge is 0.336 e. The average Bonchev–Trinajstić information content (AvgIpc) is 3.39. The van der Waals surface area contributed by atoms with Crippen molar-refractivity contribution in [1.82, 2.24) is 0 Å². The van der Waals surface area contributed by atoms with Crippen LogP contribution in [0.1, 0.15) is 22.3 Å². The Morgan fingerprint density at radius 1 is 0.386 bits per heavy atom. The van der Waals surface area contributed by atoms with Crippen LogP contribution < -0.4 is 18.9 Å². The molecule has 0 atom stereocenters. The Bertz CT molecular complexity index is 2980. The van der Waals surface area contributed by atoms with Gasteiger partial charge < -0.3 is 38.3 Å². The number of benzene rings is 7. The van der Waals surface area contributed by atoms with Gasteiger partial charge in [-0.25, -0.2) is 19.2 Å². The second kappa shape index (κ2) is 25.7. The molecule has 0 aliphatic heterocycles. The molecule has 0 radical (unpaired) electrons. The van der Waals surface area contributed by atoms with Gasteiger partial charge in [0.15, 0.2) is 11.5 Å². The van der Waals surface area contributed by atoms with Gasteiger partial charge in [-0.2, -0.15) is 0 Å². The Kier molecular flexibility index (Phi) is 17.9. The zero-order valence-electron chi connectivity index (χ0n) is 37.9. The van der Waals surface area contributed by atoms with Crippen LogP contribution >= 0.6 is 0 Å². The molecule has 0 spiro atoms. The summed E-state index contributed by atoms with van der Waals surface area (Å²) in [5.74, 6) is -1.65. The summed E-state index contributed by atoms with van der Waals surface area (Å²) in [5.41, 5.74) is 4.45. The molecule has 7 aromatic carbocycles. The minimum absolute atomic E-state index is 0.00888. The fourth-order valence-electron chi connectivity index (χ4n) is 6.77. The highest BCUT2D eigenvalue weighted by molar-refractivity contribution is 6.00. The monoisotopic (exact) mass is 936 g/mol. The Hall–Kier alpha value is -9.16. The third-order valence-corrected chi connectivity index (χ3v) is 10.1. The first kappa shape index (κ1) is 48.8. The number of esters is 4. The highest BCUT2D eigenvalue weighted by Crippen LogP contribution is 2.42. The summed E-state index contributed by atoms with van der Waals surface area (Å²) in [5, 5.41) is 12.3. The van der Waals surface area contributed by atoms with Crippen LogP contribution in [0, 0.1) is 0 Å². The molecule has 0 aliphatic rings. The standard InChI is InChI=1S/C58H48O12/c59-50-39-47(37-48-38-49(64-31-34-67-54(60)27-21-42-13-5-1-6-14-42)41-53(58(48)50)70-57(63)30-24-45-19-11-4-12-20-45)46-25-26-51(65-32-35-68-55(61)28-22-43-15-7-2-8-16-43)52(40-46)66-33-36-69-56(62)29-23-44-17-9-3-10-18-44/h1-30,37-41,59H,31-36H2. The Morgan fingerprint density at radius 3 is 1.29 bits per heavy atom. The maximum absolute atomic E-state index is 13.2. The topological polar surface area (TPSA) is 153 Å². The van der Waals surface area contributed by atoms with E-state index in [9.17, 15) is 24.3 Å². The van der Waals surface area contributed by atoms with E-state index in [4.69, 9.17) is 33.2 Å². The number of hydrogen-bond donors (Lipinski definition) is 1. The molecule has 12 heteroatoms. The molecular formula is C58H48O12. The molecule has 0 saturated carbocycles. The van der Waals surface area contributed by atoms with Gasteiger partial charge in [-0.1, -0.05) is 127 Å². The van der Waals surface area contributed by atoms with E-state index in [-0.39, 0.29) is 68.0 Å². The largest absolute Gasteiger partial charge is 0.507 e. The number of rotatable bonds is 22. The molecule has 7 aromatic rings. The van der Waals surface area contributed by atoms with Crippen molar-refractivity contribution in [2.75, 3.05) is 39.6 Å². The molecule has 0 saturated heterocycles. The minimum atomic E-state index is -0.696. The van der Waals surface area contributed by atoms with Crippen molar-refractivity contribution in [2.24, 2.45) is 0 Å². The molecule has 0 amide bonds. The van der Waals surface area contributed by atoms with Gasteiger partial charge in [-0.15, -0.1) is 0 Å². The molecule has 70 heavy (non-hydrogen) atoms. The van der Waals surface area contributed by atoms with E-state index in [1.165, 1.54) is 36.4 Å². The van der Waals surface area contributed by atoms with Gasteiger partial charge in [0.25, 0.3) is 0 Å². The van der Waals surface area contributed by atoms with Crippen molar-refractivity contribution in [3.8, 4) is 39.9 Å². The van der Waals surface area contributed by atoms with Gasteiger partial charge in [0.1, 0.15) is 56.9 Å². The van der Waals surface area contributed by atoms with Gasteiger partial charge in [-0.05, 0) is 93.4 Å². The molecule has 7 rings (SSSR count). The van der Waals surface area contributed by atoms with Crippen LogP contribution in [-0.2, 0) is 33.4 Å². The van der Waals surface area contributed by atoms with E-state index in [0.29, 0.717) is 22.3 Å².